The van der Waals surface area contributed by atoms with E-state index in [1.807, 2.05) is 0 Å². The molecule has 15 heteroatoms. The molecule has 0 aliphatic carbocycles. The fourth-order valence-corrected chi connectivity index (χ4v) is 0.758. The van der Waals surface area contributed by atoms with Crippen LogP contribution in [0.5, 0.6) is 0 Å². The van der Waals surface area contributed by atoms with Crippen molar-refractivity contribution in [1.29, 1.82) is 0 Å². The quantitative estimate of drug-likeness (QED) is 0.228. The van der Waals surface area contributed by atoms with Crippen molar-refractivity contribution in [3.8, 4) is 0 Å². The first-order valence-electron chi connectivity index (χ1n) is 3.84. The van der Waals surface area contributed by atoms with Gasteiger partial charge in [0, 0.05) is 13.1 Å². The molecule has 11 nitrogen and oxygen atoms in total. The molecule has 1 rings (SSSR count). The molecule has 0 atom stereocenters. The number of hydrazine groups is 1. The van der Waals surface area contributed by atoms with Gasteiger partial charge in [-0.15, -0.1) is 11.4 Å². The van der Waals surface area contributed by atoms with E-state index in [4.69, 9.17) is 32.4 Å². The average molecular weight is 338 g/mol. The molecule has 19 heavy (non-hydrogen) atoms. The van der Waals surface area contributed by atoms with Crippen LogP contribution in [0.15, 0.2) is 0 Å². The number of amides is 2. The van der Waals surface area contributed by atoms with Crippen LogP contribution in [0.1, 0.15) is 0 Å². The molecule has 1 aliphatic rings. The van der Waals surface area contributed by atoms with E-state index >= 15 is 0 Å². The predicted octanol–water partition coefficient (Wildman–Crippen LogP) is -8.88. The van der Waals surface area contributed by atoms with Crippen molar-refractivity contribution >= 4 is 28.8 Å². The number of hydrogen-bond donors (Lipinski definition) is 5. The third kappa shape index (κ3) is 38.2. The van der Waals surface area contributed by atoms with Gasteiger partial charge in [-0.25, -0.2) is 9.80 Å². The van der Waals surface area contributed by atoms with Gasteiger partial charge < -0.3 is 20.2 Å². The van der Waals surface area contributed by atoms with E-state index in [0.29, 0.717) is 6.67 Å². The number of nitrogens with zero attached hydrogens (tertiary/aromatic N) is 1. The zero-order valence-electron chi connectivity index (χ0n) is 10.4. The molecular weight excluding hydrogens is 326 g/mol. The Bertz CT molecular complexity index is 247. The fourth-order valence-electron chi connectivity index (χ4n) is 0.758. The van der Waals surface area contributed by atoms with Crippen LogP contribution in [0, 0.1) is 0 Å². The van der Waals surface area contributed by atoms with Crippen LogP contribution in [0.4, 0.5) is 4.79 Å². The Morgan fingerprint density at radius 2 is 1.68 bits per heavy atom. The third-order valence-corrected chi connectivity index (χ3v) is 1.13. The van der Waals surface area contributed by atoms with E-state index in [-0.39, 0.29) is 59.1 Å². The maximum absolute atomic E-state index is 10.2. The Balaban J connectivity index is -0.0000000975. The maximum Gasteiger partial charge on any atom is 1.00 e. The van der Waals surface area contributed by atoms with Gasteiger partial charge in [-0.2, -0.15) is 4.21 Å². The Hall–Kier alpha value is 1.33. The second-order valence-corrected chi connectivity index (χ2v) is 3.20. The molecule has 0 aromatic heterocycles. The monoisotopic (exact) mass is 338 g/mol. The van der Waals surface area contributed by atoms with Gasteiger partial charge in [0.1, 0.15) is 0 Å². The summed E-state index contributed by atoms with van der Waals surface area (Å²) >= 11 is -5.72. The second kappa shape index (κ2) is 19.3. The molecule has 0 aromatic carbocycles. The smallest absolute Gasteiger partial charge is 0.784 e. The number of carbonyl (C=O) groups excluding carboxylic acids is 1. The normalized spacial score (nSPS) is 13.2. The summed E-state index contributed by atoms with van der Waals surface area (Å²) in [4.78, 5) is 10.2. The summed E-state index contributed by atoms with van der Waals surface area (Å²) in [5, 5.41) is 4.76. The summed E-state index contributed by atoms with van der Waals surface area (Å²) in [5.74, 6) is 0. The number of carbonyl (C=O) groups is 1. The van der Waals surface area contributed by atoms with Gasteiger partial charge in [-0.05, 0) is 0 Å². The Morgan fingerprint density at radius 3 is 1.89 bits per heavy atom. The van der Waals surface area contributed by atoms with Crippen molar-refractivity contribution in [1.82, 2.24) is 15.8 Å². The Morgan fingerprint density at radius 1 is 1.32 bits per heavy atom. The number of primary amides is 1. The minimum absolute atomic E-state index is 0. The van der Waals surface area contributed by atoms with Gasteiger partial charge in [0.2, 0.25) is 0 Å². The van der Waals surface area contributed by atoms with Crippen LogP contribution in [0.3, 0.4) is 0 Å². The van der Waals surface area contributed by atoms with E-state index < -0.39 is 28.8 Å². The first kappa shape index (κ1) is 28.5. The summed E-state index contributed by atoms with van der Waals surface area (Å²) in [6.45, 7) is 2.41. The largest absolute Gasteiger partial charge is 1.00 e. The first-order chi connectivity index (χ1) is 7.75. The van der Waals surface area contributed by atoms with Gasteiger partial charge in [0.05, 0.1) is 6.67 Å². The van der Waals surface area contributed by atoms with Crippen LogP contribution in [-0.2, 0) is 22.7 Å². The van der Waals surface area contributed by atoms with Crippen LogP contribution < -0.4 is 75.6 Å². The molecule has 0 bridgehead atoms. The number of nitrogens with one attached hydrogen (secondary N) is 2. The van der Waals surface area contributed by atoms with Gasteiger partial charge in [0.15, 0.2) is 0 Å². The summed E-state index contributed by atoms with van der Waals surface area (Å²) in [6.07, 6.45) is 0. The standard InChI is InChI=1S/C4H10N4O.2Na.2H2O3S/c5-4(9)7-8-2-1-6-3-8;;;2*1-4(2)3/h6H,1-3H2,(H3,5,7,9);;;2*(H2,1,2,3)/q;2*+1;;/p-2. The Labute approximate surface area is 159 Å². The molecule has 0 saturated carbocycles. The van der Waals surface area contributed by atoms with Gasteiger partial charge in [-0.1, -0.05) is 0 Å². The molecule has 1 heterocycles. The van der Waals surface area contributed by atoms with Crippen molar-refractivity contribution in [2.24, 2.45) is 5.73 Å². The van der Waals surface area contributed by atoms with Crippen LogP contribution in [0.25, 0.3) is 0 Å². The summed E-state index contributed by atoms with van der Waals surface area (Å²) < 4.78 is 48.2. The molecule has 1 fully saturated rings. The van der Waals surface area contributed by atoms with Gasteiger partial charge in [-0.3, -0.25) is 18.7 Å². The van der Waals surface area contributed by atoms with Gasteiger partial charge in [0.25, 0.3) is 11.4 Å². The van der Waals surface area contributed by atoms with Crippen molar-refractivity contribution in [3.05, 3.63) is 0 Å². The van der Waals surface area contributed by atoms with E-state index in [0.717, 1.165) is 13.1 Å². The van der Waals surface area contributed by atoms with Crippen LogP contribution in [-0.4, -0.2) is 57.4 Å². The molecule has 1 aliphatic heterocycles. The van der Waals surface area contributed by atoms with E-state index in [1.165, 1.54) is 0 Å². The number of nitrogens with two attached hydrogens (primary N) is 1. The van der Waals surface area contributed by atoms with Crippen LogP contribution in [0.2, 0.25) is 0 Å². The molecule has 0 aromatic rings. The minimum atomic E-state index is -3.11. The number of rotatable bonds is 1. The molecular formula is C4H12N4Na2O7S2. The van der Waals surface area contributed by atoms with E-state index in [1.54, 1.807) is 5.01 Å². The zero-order chi connectivity index (χ0) is 13.8. The predicted molar refractivity (Wildman–Crippen MR) is 55.4 cm³/mol. The van der Waals surface area contributed by atoms with Crippen molar-refractivity contribution in [2.75, 3.05) is 19.8 Å². The molecule has 2 amide bonds. The maximum atomic E-state index is 10.2. The van der Waals surface area contributed by atoms with Crippen molar-refractivity contribution < 1.29 is 90.5 Å². The Kier molecular flexibility index (Phi) is 29.0. The fraction of sp³-hybridized carbons (Fsp3) is 0.750. The molecule has 0 unspecified atom stereocenters. The second-order valence-electron chi connectivity index (χ2n) is 2.33. The molecule has 0 radical (unpaired) electrons. The SMILES string of the molecule is NC(=O)NN1CCNC1.O=S(O)O.O=S([O-])[O-].[Na+].[Na+]. The summed E-state index contributed by atoms with van der Waals surface area (Å²) in [5.41, 5.74) is 7.30. The molecule has 104 valence electrons. The van der Waals surface area contributed by atoms with E-state index in [9.17, 15) is 4.79 Å². The van der Waals surface area contributed by atoms with E-state index in [2.05, 4.69) is 10.7 Å². The average Bonchev–Trinajstić information content (AvgIpc) is 2.52. The summed E-state index contributed by atoms with van der Waals surface area (Å²) in [6, 6.07) is -0.501. The zero-order valence-corrected chi connectivity index (χ0v) is 16.0. The number of urea groups is 1. The van der Waals surface area contributed by atoms with Crippen LogP contribution >= 0.6 is 0 Å². The molecule has 1 saturated heterocycles. The third-order valence-electron chi connectivity index (χ3n) is 1.13. The number of hydrogen-bond acceptors (Lipinski definition) is 7. The van der Waals surface area contributed by atoms with Crippen molar-refractivity contribution in [2.45, 2.75) is 0 Å². The minimum Gasteiger partial charge on any atom is -0.784 e. The molecule has 0 spiro atoms. The summed E-state index contributed by atoms with van der Waals surface area (Å²) in [7, 11) is 0. The van der Waals surface area contributed by atoms with Crippen molar-refractivity contribution in [3.63, 3.8) is 0 Å². The van der Waals surface area contributed by atoms with Gasteiger partial charge >= 0.3 is 65.1 Å². The first-order valence-corrected chi connectivity index (χ1v) is 5.90. The topological polar surface area (TPSA) is 191 Å². The molecule has 6 N–H and O–H groups in total.